The van der Waals surface area contributed by atoms with Crippen LogP contribution >= 0.6 is 22.6 Å². The number of nitrogens with one attached hydrogen (secondary N) is 2. The average Bonchev–Trinajstić information content (AvgIpc) is 2.91. The van der Waals surface area contributed by atoms with E-state index in [1.807, 2.05) is 55.6 Å². The van der Waals surface area contributed by atoms with E-state index in [0.717, 1.165) is 20.2 Å². The molecule has 0 saturated carbocycles. The van der Waals surface area contributed by atoms with Gasteiger partial charge in [-0.3, -0.25) is 4.79 Å². The standard InChI is InChI=1S/C16H13IN2O/c1-10-5-6-11(9-14(10)17)19-16(20)13-3-2-4-15-12(13)7-8-18-15/h2-9,18H,1H3,(H,19,20). The Bertz CT molecular complexity index is 792. The molecule has 1 amide bonds. The van der Waals surface area contributed by atoms with Gasteiger partial charge in [0, 0.05) is 31.9 Å². The van der Waals surface area contributed by atoms with Crippen molar-refractivity contribution < 1.29 is 4.79 Å². The number of aryl methyl sites for hydroxylation is 1. The van der Waals surface area contributed by atoms with Crippen molar-refractivity contribution in [2.75, 3.05) is 5.32 Å². The first-order valence-electron chi connectivity index (χ1n) is 6.29. The lowest BCUT2D eigenvalue weighted by Gasteiger charge is -2.08. The molecule has 3 rings (SSSR count). The number of aromatic amines is 1. The zero-order valence-corrected chi connectivity index (χ0v) is 13.1. The van der Waals surface area contributed by atoms with Crippen molar-refractivity contribution in [2.45, 2.75) is 6.92 Å². The monoisotopic (exact) mass is 376 g/mol. The van der Waals surface area contributed by atoms with Gasteiger partial charge in [-0.25, -0.2) is 0 Å². The second kappa shape index (κ2) is 5.28. The summed E-state index contributed by atoms with van der Waals surface area (Å²) in [5, 5.41) is 3.89. The van der Waals surface area contributed by atoms with E-state index < -0.39 is 0 Å². The van der Waals surface area contributed by atoms with Crippen LogP contribution < -0.4 is 5.32 Å². The molecule has 0 saturated heterocycles. The first kappa shape index (κ1) is 13.2. The lowest BCUT2D eigenvalue weighted by Crippen LogP contribution is -2.12. The van der Waals surface area contributed by atoms with Crippen molar-refractivity contribution in [1.29, 1.82) is 0 Å². The second-order valence-electron chi connectivity index (χ2n) is 4.66. The fourth-order valence-corrected chi connectivity index (χ4v) is 2.67. The third kappa shape index (κ3) is 2.43. The Morgan fingerprint density at radius 1 is 1.20 bits per heavy atom. The van der Waals surface area contributed by atoms with Crippen LogP contribution in [-0.2, 0) is 0 Å². The van der Waals surface area contributed by atoms with Crippen molar-refractivity contribution in [3.05, 3.63) is 63.4 Å². The van der Waals surface area contributed by atoms with Crippen molar-refractivity contribution in [1.82, 2.24) is 4.98 Å². The van der Waals surface area contributed by atoms with Crippen molar-refractivity contribution in [3.8, 4) is 0 Å². The van der Waals surface area contributed by atoms with E-state index in [1.165, 1.54) is 5.56 Å². The zero-order valence-electron chi connectivity index (χ0n) is 10.9. The largest absolute Gasteiger partial charge is 0.361 e. The van der Waals surface area contributed by atoms with Crippen LogP contribution in [0.25, 0.3) is 10.9 Å². The first-order chi connectivity index (χ1) is 9.65. The predicted octanol–water partition coefficient (Wildman–Crippen LogP) is 4.33. The number of hydrogen-bond donors (Lipinski definition) is 2. The molecule has 1 heterocycles. The fourth-order valence-electron chi connectivity index (χ4n) is 2.15. The fraction of sp³-hybridized carbons (Fsp3) is 0.0625. The molecule has 100 valence electrons. The van der Waals surface area contributed by atoms with Gasteiger partial charge in [0.2, 0.25) is 0 Å². The maximum atomic E-state index is 12.4. The number of anilines is 1. The van der Waals surface area contributed by atoms with Gasteiger partial charge in [0.1, 0.15) is 0 Å². The van der Waals surface area contributed by atoms with E-state index in [9.17, 15) is 4.79 Å². The summed E-state index contributed by atoms with van der Waals surface area (Å²) >= 11 is 2.27. The lowest BCUT2D eigenvalue weighted by atomic mass is 10.1. The highest BCUT2D eigenvalue weighted by molar-refractivity contribution is 14.1. The van der Waals surface area contributed by atoms with Crippen molar-refractivity contribution in [3.63, 3.8) is 0 Å². The maximum absolute atomic E-state index is 12.4. The number of halogens is 1. The van der Waals surface area contributed by atoms with Crippen LogP contribution in [0.4, 0.5) is 5.69 Å². The molecule has 1 aromatic heterocycles. The number of carbonyl (C=O) groups is 1. The van der Waals surface area contributed by atoms with Crippen LogP contribution in [0, 0.1) is 10.5 Å². The smallest absolute Gasteiger partial charge is 0.256 e. The molecular weight excluding hydrogens is 363 g/mol. The number of aromatic nitrogens is 1. The van der Waals surface area contributed by atoms with Crippen LogP contribution in [0.5, 0.6) is 0 Å². The molecule has 0 spiro atoms. The molecular formula is C16H13IN2O. The van der Waals surface area contributed by atoms with E-state index in [4.69, 9.17) is 0 Å². The van der Waals surface area contributed by atoms with Gasteiger partial charge >= 0.3 is 0 Å². The Kier molecular flexibility index (Phi) is 3.48. The van der Waals surface area contributed by atoms with Crippen LogP contribution in [0.2, 0.25) is 0 Å². The van der Waals surface area contributed by atoms with E-state index in [2.05, 4.69) is 32.9 Å². The molecule has 4 heteroatoms. The summed E-state index contributed by atoms with van der Waals surface area (Å²) in [5.74, 6) is -0.0881. The number of carbonyl (C=O) groups excluding carboxylic acids is 1. The average molecular weight is 376 g/mol. The maximum Gasteiger partial charge on any atom is 0.256 e. The Balaban J connectivity index is 1.93. The Labute approximate surface area is 130 Å². The number of rotatable bonds is 2. The highest BCUT2D eigenvalue weighted by Crippen LogP contribution is 2.21. The molecule has 0 fully saturated rings. The summed E-state index contributed by atoms with van der Waals surface area (Å²) in [7, 11) is 0. The molecule has 0 aliphatic carbocycles. The van der Waals surface area contributed by atoms with Gasteiger partial charge in [-0.05, 0) is 65.4 Å². The van der Waals surface area contributed by atoms with Gasteiger partial charge in [-0.2, -0.15) is 0 Å². The molecule has 2 N–H and O–H groups in total. The molecule has 0 aliphatic rings. The molecule has 0 atom stereocenters. The quantitative estimate of drug-likeness (QED) is 0.643. The molecule has 0 bridgehead atoms. The van der Waals surface area contributed by atoms with Crippen LogP contribution in [-0.4, -0.2) is 10.9 Å². The number of amides is 1. The Hall–Kier alpha value is -1.82. The van der Waals surface area contributed by atoms with Gasteiger partial charge in [0.15, 0.2) is 0 Å². The van der Waals surface area contributed by atoms with Gasteiger partial charge < -0.3 is 10.3 Å². The molecule has 0 radical (unpaired) electrons. The number of hydrogen-bond acceptors (Lipinski definition) is 1. The summed E-state index contributed by atoms with van der Waals surface area (Å²) in [6.45, 7) is 2.05. The first-order valence-corrected chi connectivity index (χ1v) is 7.36. The van der Waals surface area contributed by atoms with Gasteiger partial charge in [-0.1, -0.05) is 12.1 Å². The normalized spacial score (nSPS) is 10.7. The Morgan fingerprint density at radius 2 is 2.05 bits per heavy atom. The molecule has 3 nitrogen and oxygen atoms in total. The van der Waals surface area contributed by atoms with Gasteiger partial charge in [0.25, 0.3) is 5.91 Å². The summed E-state index contributed by atoms with van der Waals surface area (Å²) in [6, 6.07) is 13.5. The molecule has 0 aliphatic heterocycles. The highest BCUT2D eigenvalue weighted by atomic mass is 127. The van der Waals surface area contributed by atoms with Crippen molar-refractivity contribution >= 4 is 45.1 Å². The van der Waals surface area contributed by atoms with Gasteiger partial charge in [-0.15, -0.1) is 0 Å². The number of benzene rings is 2. The molecule has 0 unspecified atom stereocenters. The lowest BCUT2D eigenvalue weighted by molar-refractivity contribution is 0.102. The van der Waals surface area contributed by atoms with E-state index in [-0.39, 0.29) is 5.91 Å². The topological polar surface area (TPSA) is 44.9 Å². The molecule has 3 aromatic rings. The third-order valence-corrected chi connectivity index (χ3v) is 4.43. The minimum absolute atomic E-state index is 0.0881. The van der Waals surface area contributed by atoms with E-state index in [1.54, 1.807) is 0 Å². The second-order valence-corrected chi connectivity index (χ2v) is 5.82. The molecule has 2 aromatic carbocycles. The third-order valence-electron chi connectivity index (χ3n) is 3.27. The van der Waals surface area contributed by atoms with Crippen molar-refractivity contribution in [2.24, 2.45) is 0 Å². The highest BCUT2D eigenvalue weighted by Gasteiger charge is 2.11. The Morgan fingerprint density at radius 3 is 2.85 bits per heavy atom. The SMILES string of the molecule is Cc1ccc(NC(=O)c2cccc3[nH]ccc23)cc1I. The molecule has 20 heavy (non-hydrogen) atoms. The van der Waals surface area contributed by atoms with Crippen LogP contribution in [0.1, 0.15) is 15.9 Å². The minimum Gasteiger partial charge on any atom is -0.361 e. The number of fused-ring (bicyclic) bond motifs is 1. The van der Waals surface area contributed by atoms with E-state index in [0.29, 0.717) is 5.56 Å². The van der Waals surface area contributed by atoms with Crippen LogP contribution in [0.3, 0.4) is 0 Å². The predicted molar refractivity (Wildman–Crippen MR) is 90.1 cm³/mol. The number of H-pyrrole nitrogens is 1. The van der Waals surface area contributed by atoms with E-state index >= 15 is 0 Å². The summed E-state index contributed by atoms with van der Waals surface area (Å²) in [6.07, 6.45) is 1.84. The minimum atomic E-state index is -0.0881. The summed E-state index contributed by atoms with van der Waals surface area (Å²) < 4.78 is 1.14. The van der Waals surface area contributed by atoms with Crippen LogP contribution in [0.15, 0.2) is 48.7 Å². The zero-order chi connectivity index (χ0) is 14.1. The summed E-state index contributed by atoms with van der Waals surface area (Å²) in [4.78, 5) is 15.5. The van der Waals surface area contributed by atoms with Gasteiger partial charge in [0.05, 0.1) is 0 Å². The summed E-state index contributed by atoms with van der Waals surface area (Å²) in [5.41, 5.74) is 3.67.